The van der Waals surface area contributed by atoms with Gasteiger partial charge in [-0.05, 0) is 25.0 Å². The van der Waals surface area contributed by atoms with Crippen molar-refractivity contribution >= 4 is 22.6 Å². The zero-order valence-electron chi connectivity index (χ0n) is 12.8. The van der Waals surface area contributed by atoms with Crippen LogP contribution in [0.1, 0.15) is 29.2 Å². The molecule has 24 heavy (non-hydrogen) atoms. The number of carbonyl (C=O) groups is 1. The number of benzene rings is 1. The van der Waals surface area contributed by atoms with Crippen LogP contribution in [-0.2, 0) is 0 Å². The minimum Gasteiger partial charge on any atom is -0.477 e. The molecule has 2 heterocycles. The lowest BCUT2D eigenvalue weighted by molar-refractivity contribution is 0.0695. The molecule has 0 radical (unpaired) electrons. The number of pyridine rings is 1. The predicted octanol–water partition coefficient (Wildman–Crippen LogP) is 2.05. The number of halogens is 1. The van der Waals surface area contributed by atoms with Crippen molar-refractivity contribution in [1.82, 2.24) is 9.88 Å². The number of rotatable bonds is 3. The van der Waals surface area contributed by atoms with E-state index in [0.29, 0.717) is 24.3 Å². The van der Waals surface area contributed by atoms with Gasteiger partial charge in [0.05, 0.1) is 11.2 Å². The number of aromatic carboxylic acids is 1. The molecule has 0 bridgehead atoms. The average molecular weight is 329 g/mol. The van der Waals surface area contributed by atoms with E-state index in [1.165, 1.54) is 6.20 Å². The molecular formula is C17H16FN3O3. The number of anilines is 1. The molecule has 2 aliphatic rings. The van der Waals surface area contributed by atoms with Gasteiger partial charge in [-0.25, -0.2) is 9.18 Å². The molecule has 1 aliphatic carbocycles. The van der Waals surface area contributed by atoms with Crippen LogP contribution < -0.4 is 15.6 Å². The first-order valence-corrected chi connectivity index (χ1v) is 7.84. The number of carboxylic acid groups (broad SMARTS) is 1. The smallest absolute Gasteiger partial charge is 0.341 e. The Morgan fingerprint density at radius 3 is 2.75 bits per heavy atom. The summed E-state index contributed by atoms with van der Waals surface area (Å²) in [5, 5.41) is 12.4. The van der Waals surface area contributed by atoms with Crippen LogP contribution in [0.5, 0.6) is 0 Å². The molecule has 2 aromatic rings. The van der Waals surface area contributed by atoms with Gasteiger partial charge in [-0.3, -0.25) is 4.79 Å². The van der Waals surface area contributed by atoms with Crippen molar-refractivity contribution in [3.63, 3.8) is 0 Å². The molecular weight excluding hydrogens is 313 g/mol. The summed E-state index contributed by atoms with van der Waals surface area (Å²) in [6.07, 6.45) is 6.74. The molecule has 1 aliphatic heterocycles. The third-order valence-electron chi connectivity index (χ3n) is 4.45. The first kappa shape index (κ1) is 14.7. The van der Waals surface area contributed by atoms with Crippen molar-refractivity contribution in [3.8, 4) is 0 Å². The molecule has 6 nitrogen and oxygen atoms in total. The Balaban J connectivity index is 1.98. The van der Waals surface area contributed by atoms with Gasteiger partial charge in [-0.1, -0.05) is 0 Å². The lowest BCUT2D eigenvalue weighted by Crippen LogP contribution is -2.31. The van der Waals surface area contributed by atoms with E-state index in [0.717, 1.165) is 18.9 Å². The van der Waals surface area contributed by atoms with E-state index in [1.54, 1.807) is 27.9 Å². The molecule has 1 saturated carbocycles. The van der Waals surface area contributed by atoms with Crippen LogP contribution in [0.15, 0.2) is 35.5 Å². The van der Waals surface area contributed by atoms with Crippen LogP contribution in [-0.4, -0.2) is 28.7 Å². The summed E-state index contributed by atoms with van der Waals surface area (Å²) in [6, 6.07) is 2.97. The number of carboxylic acids is 1. The average Bonchev–Trinajstić information content (AvgIpc) is 3.40. The number of hydrogen-bond acceptors (Lipinski definition) is 4. The molecule has 0 atom stereocenters. The predicted molar refractivity (Wildman–Crippen MR) is 87.9 cm³/mol. The molecule has 7 heteroatoms. The maximum Gasteiger partial charge on any atom is 0.341 e. The molecule has 0 unspecified atom stereocenters. The van der Waals surface area contributed by atoms with Gasteiger partial charge in [0.25, 0.3) is 0 Å². The monoisotopic (exact) mass is 329 g/mol. The number of aromatic nitrogens is 1. The Morgan fingerprint density at radius 1 is 1.33 bits per heavy atom. The Morgan fingerprint density at radius 2 is 2.12 bits per heavy atom. The summed E-state index contributed by atoms with van der Waals surface area (Å²) in [5.74, 6) is -1.82. The van der Waals surface area contributed by atoms with Crippen molar-refractivity contribution in [3.05, 3.63) is 52.3 Å². The summed E-state index contributed by atoms with van der Waals surface area (Å²) in [5.41, 5.74) is 0.00674. The highest BCUT2D eigenvalue weighted by Gasteiger charge is 2.27. The zero-order chi connectivity index (χ0) is 16.8. The van der Waals surface area contributed by atoms with Crippen LogP contribution in [0.2, 0.25) is 0 Å². The molecule has 1 aromatic carbocycles. The highest BCUT2D eigenvalue weighted by atomic mass is 19.1. The molecule has 0 amide bonds. The second-order valence-electron chi connectivity index (χ2n) is 6.10. The van der Waals surface area contributed by atoms with Gasteiger partial charge in [0.1, 0.15) is 11.4 Å². The van der Waals surface area contributed by atoms with Crippen LogP contribution in [0.25, 0.3) is 10.9 Å². The van der Waals surface area contributed by atoms with Crippen molar-refractivity contribution in [2.24, 2.45) is 0 Å². The summed E-state index contributed by atoms with van der Waals surface area (Å²) in [7, 11) is 0. The maximum atomic E-state index is 14.6. The first-order valence-electron chi connectivity index (χ1n) is 7.84. The summed E-state index contributed by atoms with van der Waals surface area (Å²) < 4.78 is 16.4. The summed E-state index contributed by atoms with van der Waals surface area (Å²) in [6.45, 7) is 1.31. The molecule has 1 aromatic heterocycles. The fourth-order valence-electron chi connectivity index (χ4n) is 3.07. The Hall–Kier alpha value is -2.83. The van der Waals surface area contributed by atoms with E-state index in [2.05, 4.69) is 5.32 Å². The van der Waals surface area contributed by atoms with Crippen LogP contribution in [0.4, 0.5) is 10.1 Å². The Bertz CT molecular complexity index is 931. The lowest BCUT2D eigenvalue weighted by atomic mass is 10.1. The van der Waals surface area contributed by atoms with Crippen molar-refractivity contribution in [2.45, 2.75) is 18.9 Å². The maximum absolute atomic E-state index is 14.6. The highest BCUT2D eigenvalue weighted by Crippen LogP contribution is 2.38. The van der Waals surface area contributed by atoms with E-state index >= 15 is 0 Å². The van der Waals surface area contributed by atoms with Gasteiger partial charge in [-0.2, -0.15) is 0 Å². The van der Waals surface area contributed by atoms with Gasteiger partial charge in [0.2, 0.25) is 5.43 Å². The van der Waals surface area contributed by atoms with Gasteiger partial charge in [0.15, 0.2) is 0 Å². The molecule has 124 valence electrons. The Kier molecular flexibility index (Phi) is 3.30. The number of nitrogens with zero attached hydrogens (tertiary/aromatic N) is 2. The van der Waals surface area contributed by atoms with Gasteiger partial charge in [0, 0.05) is 43.1 Å². The van der Waals surface area contributed by atoms with E-state index < -0.39 is 17.2 Å². The normalized spacial score (nSPS) is 17.1. The van der Waals surface area contributed by atoms with Gasteiger partial charge < -0.3 is 19.9 Å². The molecule has 0 spiro atoms. The lowest BCUT2D eigenvalue weighted by Gasteiger charge is -2.25. The van der Waals surface area contributed by atoms with Crippen LogP contribution in [0, 0.1) is 5.82 Å². The molecule has 0 saturated heterocycles. The topological polar surface area (TPSA) is 74.6 Å². The van der Waals surface area contributed by atoms with Gasteiger partial charge >= 0.3 is 5.97 Å². The third kappa shape index (κ3) is 2.33. The van der Waals surface area contributed by atoms with E-state index in [1.807, 2.05) is 0 Å². The van der Waals surface area contributed by atoms with Crippen molar-refractivity contribution in [2.75, 3.05) is 18.0 Å². The van der Waals surface area contributed by atoms with Crippen molar-refractivity contribution < 1.29 is 14.3 Å². The molecule has 2 N–H and O–H groups in total. The second kappa shape index (κ2) is 5.36. The van der Waals surface area contributed by atoms with E-state index in [-0.39, 0.29) is 17.0 Å². The first-order chi connectivity index (χ1) is 11.6. The van der Waals surface area contributed by atoms with E-state index in [4.69, 9.17) is 0 Å². The zero-order valence-corrected chi connectivity index (χ0v) is 12.8. The fraction of sp³-hybridized carbons (Fsp3) is 0.294. The Labute approximate surface area is 136 Å². The number of hydrogen-bond donors (Lipinski definition) is 2. The summed E-state index contributed by atoms with van der Waals surface area (Å²) >= 11 is 0. The van der Waals surface area contributed by atoms with Crippen LogP contribution in [0.3, 0.4) is 0 Å². The van der Waals surface area contributed by atoms with E-state index in [9.17, 15) is 19.1 Å². The van der Waals surface area contributed by atoms with Crippen molar-refractivity contribution in [1.29, 1.82) is 0 Å². The quantitative estimate of drug-likeness (QED) is 0.901. The fourth-order valence-corrected chi connectivity index (χ4v) is 3.07. The standard InChI is InChI=1S/C17H16FN3O3/c18-13-7-11-14(8-15(13)20-5-3-19-4-6-20)21(10-1-2-10)9-12(16(11)22)17(23)24/h3,5,7-10,19H,1-2,4,6H2,(H,23,24). The van der Waals surface area contributed by atoms with Crippen LogP contribution >= 0.6 is 0 Å². The molecule has 4 rings (SSSR count). The molecule has 1 fully saturated rings. The largest absolute Gasteiger partial charge is 0.477 e. The minimum atomic E-state index is -1.29. The summed E-state index contributed by atoms with van der Waals surface area (Å²) in [4.78, 5) is 25.5. The number of fused-ring (bicyclic) bond motifs is 1. The van der Waals surface area contributed by atoms with Gasteiger partial charge in [-0.15, -0.1) is 0 Å². The SMILES string of the molecule is O=C(O)c1cn(C2CC2)c2cc(N3C=CNCC3)c(F)cc2c1=O. The number of nitrogens with one attached hydrogen (secondary N) is 1. The third-order valence-corrected chi connectivity index (χ3v) is 4.45. The highest BCUT2D eigenvalue weighted by molar-refractivity contribution is 5.93. The minimum absolute atomic E-state index is 0.113. The second-order valence-corrected chi connectivity index (χ2v) is 6.10.